The summed E-state index contributed by atoms with van der Waals surface area (Å²) in [6, 6.07) is 0. The maximum Gasteiger partial charge on any atom is 0.312 e. The van der Waals surface area contributed by atoms with Crippen LogP contribution in [0.4, 0.5) is 0 Å². The number of carbonyl (C=O) groups is 1. The number of carboxylic acids is 1. The van der Waals surface area contributed by atoms with Crippen molar-refractivity contribution in [1.82, 2.24) is 0 Å². The molecule has 0 aromatic rings. The summed E-state index contributed by atoms with van der Waals surface area (Å²) in [4.78, 5) is 11.7. The molecule has 1 aliphatic carbocycles. The molecule has 0 radical (unpaired) electrons. The maximum atomic E-state index is 11.7. The summed E-state index contributed by atoms with van der Waals surface area (Å²) < 4.78 is 5.79. The molecular formula is C13H18O3. The first-order valence-electron chi connectivity index (χ1n) is 6.29. The Balaban J connectivity index is 1.94. The van der Waals surface area contributed by atoms with Crippen LogP contribution in [-0.2, 0) is 9.53 Å². The molecule has 16 heavy (non-hydrogen) atoms. The Bertz CT molecular complexity index is 336. The van der Waals surface area contributed by atoms with E-state index in [1.54, 1.807) is 0 Å². The van der Waals surface area contributed by atoms with E-state index in [9.17, 15) is 9.90 Å². The highest BCUT2D eigenvalue weighted by molar-refractivity contribution is 5.77. The van der Waals surface area contributed by atoms with E-state index < -0.39 is 11.4 Å². The molecule has 2 saturated heterocycles. The summed E-state index contributed by atoms with van der Waals surface area (Å²) in [5, 5.41) is 9.62. The molecule has 2 bridgehead atoms. The van der Waals surface area contributed by atoms with Gasteiger partial charge in [-0.2, -0.15) is 0 Å². The standard InChI is InChI=1S/C13H18O3/c14-12(15)13(9-4-2-1-3-5-9)8-10-6-7-11(13)16-10/h2,4,9-11H,1,3,5-8H2,(H,14,15). The molecule has 0 spiro atoms. The molecule has 4 unspecified atom stereocenters. The van der Waals surface area contributed by atoms with E-state index in [4.69, 9.17) is 4.74 Å². The number of fused-ring (bicyclic) bond motifs is 2. The summed E-state index contributed by atoms with van der Waals surface area (Å²) in [6.07, 6.45) is 10.4. The largest absolute Gasteiger partial charge is 0.481 e. The minimum absolute atomic E-state index is 0.0391. The van der Waals surface area contributed by atoms with Crippen LogP contribution in [0.1, 0.15) is 38.5 Å². The highest BCUT2D eigenvalue weighted by Crippen LogP contribution is 2.54. The van der Waals surface area contributed by atoms with Crippen molar-refractivity contribution < 1.29 is 14.6 Å². The zero-order chi connectivity index (χ0) is 11.2. The maximum absolute atomic E-state index is 11.7. The number of ether oxygens (including phenoxy) is 1. The van der Waals surface area contributed by atoms with Gasteiger partial charge in [-0.05, 0) is 44.4 Å². The van der Waals surface area contributed by atoms with Gasteiger partial charge in [0.1, 0.15) is 5.41 Å². The normalized spacial score (nSPS) is 46.1. The monoisotopic (exact) mass is 222 g/mol. The van der Waals surface area contributed by atoms with E-state index in [0.717, 1.165) is 38.5 Å². The van der Waals surface area contributed by atoms with E-state index in [1.165, 1.54) is 0 Å². The average molecular weight is 222 g/mol. The molecule has 2 heterocycles. The Morgan fingerprint density at radius 1 is 1.38 bits per heavy atom. The molecule has 3 aliphatic rings. The zero-order valence-electron chi connectivity index (χ0n) is 9.39. The van der Waals surface area contributed by atoms with Crippen LogP contribution in [0.25, 0.3) is 0 Å². The number of rotatable bonds is 2. The minimum atomic E-state index is -0.642. The minimum Gasteiger partial charge on any atom is -0.481 e. The van der Waals surface area contributed by atoms with E-state index in [-0.39, 0.29) is 18.1 Å². The molecule has 1 N–H and O–H groups in total. The van der Waals surface area contributed by atoms with Gasteiger partial charge in [0.25, 0.3) is 0 Å². The Labute approximate surface area is 95.5 Å². The van der Waals surface area contributed by atoms with Crippen molar-refractivity contribution in [2.75, 3.05) is 0 Å². The van der Waals surface area contributed by atoms with Crippen LogP contribution < -0.4 is 0 Å². The molecule has 0 aromatic carbocycles. The number of hydrogen-bond acceptors (Lipinski definition) is 2. The van der Waals surface area contributed by atoms with Gasteiger partial charge < -0.3 is 9.84 Å². The van der Waals surface area contributed by atoms with Gasteiger partial charge in [-0.3, -0.25) is 4.79 Å². The van der Waals surface area contributed by atoms with Gasteiger partial charge in [0.15, 0.2) is 0 Å². The van der Waals surface area contributed by atoms with Crippen molar-refractivity contribution in [3.05, 3.63) is 12.2 Å². The molecule has 0 amide bonds. The van der Waals surface area contributed by atoms with Gasteiger partial charge in [-0.25, -0.2) is 0 Å². The van der Waals surface area contributed by atoms with Gasteiger partial charge in [-0.1, -0.05) is 12.2 Å². The van der Waals surface area contributed by atoms with Crippen molar-refractivity contribution in [3.63, 3.8) is 0 Å². The third kappa shape index (κ3) is 1.27. The highest BCUT2D eigenvalue weighted by atomic mass is 16.5. The Morgan fingerprint density at radius 2 is 2.25 bits per heavy atom. The van der Waals surface area contributed by atoms with Crippen LogP contribution in [0.15, 0.2) is 12.2 Å². The fourth-order valence-corrected chi connectivity index (χ4v) is 3.76. The molecule has 88 valence electrons. The van der Waals surface area contributed by atoms with Crippen molar-refractivity contribution >= 4 is 5.97 Å². The van der Waals surface area contributed by atoms with Crippen LogP contribution in [-0.4, -0.2) is 23.3 Å². The molecule has 0 aromatic heterocycles. The lowest BCUT2D eigenvalue weighted by molar-refractivity contribution is -0.156. The fraction of sp³-hybridized carbons (Fsp3) is 0.769. The zero-order valence-corrected chi connectivity index (χ0v) is 9.39. The summed E-state index contributed by atoms with van der Waals surface area (Å²) >= 11 is 0. The van der Waals surface area contributed by atoms with Crippen LogP contribution in [0.2, 0.25) is 0 Å². The first-order chi connectivity index (χ1) is 7.73. The third-order valence-electron chi connectivity index (χ3n) is 4.56. The lowest BCUT2D eigenvalue weighted by Crippen LogP contribution is -2.46. The predicted molar refractivity (Wildman–Crippen MR) is 59.1 cm³/mol. The number of hydrogen-bond donors (Lipinski definition) is 1. The Kier molecular flexibility index (Phi) is 2.32. The summed E-state index contributed by atoms with van der Waals surface area (Å²) in [5.41, 5.74) is -0.611. The summed E-state index contributed by atoms with van der Waals surface area (Å²) in [7, 11) is 0. The van der Waals surface area contributed by atoms with Crippen molar-refractivity contribution in [1.29, 1.82) is 0 Å². The molecule has 3 heteroatoms. The molecule has 0 saturated carbocycles. The van der Waals surface area contributed by atoms with Crippen molar-refractivity contribution in [2.24, 2.45) is 11.3 Å². The molecular weight excluding hydrogens is 204 g/mol. The third-order valence-corrected chi connectivity index (χ3v) is 4.56. The summed E-state index contributed by atoms with van der Waals surface area (Å²) in [5.74, 6) is -0.453. The molecule has 2 aliphatic heterocycles. The highest BCUT2D eigenvalue weighted by Gasteiger charge is 2.60. The second-order valence-corrected chi connectivity index (χ2v) is 5.34. The van der Waals surface area contributed by atoms with Crippen LogP contribution in [0.5, 0.6) is 0 Å². The van der Waals surface area contributed by atoms with Crippen LogP contribution in [0, 0.1) is 11.3 Å². The van der Waals surface area contributed by atoms with Gasteiger partial charge in [0.05, 0.1) is 12.2 Å². The average Bonchev–Trinajstić information content (AvgIpc) is 2.90. The first-order valence-corrected chi connectivity index (χ1v) is 6.29. The Hall–Kier alpha value is -0.830. The molecule has 4 atom stereocenters. The first kappa shape index (κ1) is 10.3. The van der Waals surface area contributed by atoms with Gasteiger partial charge in [0.2, 0.25) is 0 Å². The smallest absolute Gasteiger partial charge is 0.312 e. The van der Waals surface area contributed by atoms with Crippen LogP contribution >= 0.6 is 0 Å². The SMILES string of the molecule is O=C(O)C1(C2C=CCCC2)CC2CCC1O2. The molecule has 3 rings (SSSR count). The molecule has 3 nitrogen and oxygen atoms in total. The number of allylic oxidation sites excluding steroid dienone is 2. The number of carboxylic acid groups (broad SMARTS) is 1. The van der Waals surface area contributed by atoms with Crippen LogP contribution in [0.3, 0.4) is 0 Å². The second-order valence-electron chi connectivity index (χ2n) is 5.34. The fourth-order valence-electron chi connectivity index (χ4n) is 3.76. The Morgan fingerprint density at radius 3 is 2.75 bits per heavy atom. The summed E-state index contributed by atoms with van der Waals surface area (Å²) in [6.45, 7) is 0. The van der Waals surface area contributed by atoms with E-state index in [1.807, 2.05) is 0 Å². The molecule has 2 fully saturated rings. The topological polar surface area (TPSA) is 46.5 Å². The second kappa shape index (κ2) is 3.59. The van der Waals surface area contributed by atoms with E-state index in [0.29, 0.717) is 0 Å². The quantitative estimate of drug-likeness (QED) is 0.729. The lowest BCUT2D eigenvalue weighted by atomic mass is 9.63. The van der Waals surface area contributed by atoms with Crippen molar-refractivity contribution in [2.45, 2.75) is 50.7 Å². The van der Waals surface area contributed by atoms with E-state index in [2.05, 4.69) is 12.2 Å². The van der Waals surface area contributed by atoms with Gasteiger partial charge in [0, 0.05) is 0 Å². The van der Waals surface area contributed by atoms with Gasteiger partial charge in [-0.15, -0.1) is 0 Å². The lowest BCUT2D eigenvalue weighted by Gasteiger charge is -2.38. The number of aliphatic carboxylic acids is 1. The van der Waals surface area contributed by atoms with Gasteiger partial charge >= 0.3 is 5.97 Å². The van der Waals surface area contributed by atoms with E-state index >= 15 is 0 Å². The van der Waals surface area contributed by atoms with Crippen molar-refractivity contribution in [3.8, 4) is 0 Å². The predicted octanol–water partition coefficient (Wildman–Crippen LogP) is 2.37.